The van der Waals surface area contributed by atoms with Crippen LogP contribution in [0.25, 0.3) is 0 Å². The lowest BCUT2D eigenvalue weighted by atomic mass is 9.83. The van der Waals surface area contributed by atoms with Crippen LogP contribution in [0.1, 0.15) is 32.1 Å². The SMILES string of the molecule is NN1CCN(C2=CNC3C=CC=CC3=N2)CC1C1CCCCC1. The van der Waals surface area contributed by atoms with E-state index >= 15 is 0 Å². The highest BCUT2D eigenvalue weighted by molar-refractivity contribution is 6.03. The van der Waals surface area contributed by atoms with Gasteiger partial charge in [-0.15, -0.1) is 0 Å². The largest absolute Gasteiger partial charge is 0.376 e. The summed E-state index contributed by atoms with van der Waals surface area (Å²) < 4.78 is 0. The van der Waals surface area contributed by atoms with Gasteiger partial charge < -0.3 is 10.2 Å². The van der Waals surface area contributed by atoms with Crippen LogP contribution in [0.4, 0.5) is 0 Å². The third-order valence-electron chi connectivity index (χ3n) is 5.62. The average Bonchev–Trinajstić information content (AvgIpc) is 2.62. The monoisotopic (exact) mass is 313 g/mol. The van der Waals surface area contributed by atoms with E-state index in [1.54, 1.807) is 0 Å². The van der Waals surface area contributed by atoms with E-state index in [0.717, 1.165) is 37.1 Å². The minimum Gasteiger partial charge on any atom is -0.376 e. The predicted octanol–water partition coefficient (Wildman–Crippen LogP) is 1.76. The van der Waals surface area contributed by atoms with E-state index < -0.39 is 0 Å². The molecule has 4 aliphatic rings. The number of rotatable bonds is 2. The standard InChI is InChI=1S/C18H27N5/c19-23-11-10-22(13-17(23)14-6-2-1-3-7-14)18-12-20-15-8-4-5-9-16(15)21-18/h4-5,8-9,12,14-15,17,20H,1-3,6-7,10-11,13,19H2. The molecule has 0 amide bonds. The van der Waals surface area contributed by atoms with E-state index in [1.807, 2.05) is 0 Å². The number of allylic oxidation sites excluding steroid dienone is 2. The Bertz CT molecular complexity index is 556. The van der Waals surface area contributed by atoms with Crippen molar-refractivity contribution in [2.24, 2.45) is 16.8 Å². The van der Waals surface area contributed by atoms with Crippen molar-refractivity contribution in [1.82, 2.24) is 15.2 Å². The summed E-state index contributed by atoms with van der Waals surface area (Å²) in [5, 5.41) is 5.54. The van der Waals surface area contributed by atoms with Gasteiger partial charge in [-0.25, -0.2) is 10.0 Å². The molecule has 0 bridgehead atoms. The zero-order valence-electron chi connectivity index (χ0n) is 13.7. The van der Waals surface area contributed by atoms with E-state index in [0.29, 0.717) is 6.04 Å². The van der Waals surface area contributed by atoms with Crippen LogP contribution < -0.4 is 11.2 Å². The maximum absolute atomic E-state index is 6.32. The second kappa shape index (κ2) is 6.49. The molecule has 23 heavy (non-hydrogen) atoms. The predicted molar refractivity (Wildman–Crippen MR) is 93.6 cm³/mol. The van der Waals surface area contributed by atoms with Gasteiger partial charge in [-0.3, -0.25) is 5.84 Å². The molecule has 124 valence electrons. The maximum Gasteiger partial charge on any atom is 0.144 e. The highest BCUT2D eigenvalue weighted by Gasteiger charge is 2.33. The first-order valence-corrected chi connectivity index (χ1v) is 8.97. The van der Waals surface area contributed by atoms with Gasteiger partial charge in [0.15, 0.2) is 0 Å². The third kappa shape index (κ3) is 3.08. The zero-order chi connectivity index (χ0) is 15.6. The quantitative estimate of drug-likeness (QED) is 0.763. The molecule has 0 spiro atoms. The number of nitrogens with zero attached hydrogens (tertiary/aromatic N) is 3. The number of nitrogens with one attached hydrogen (secondary N) is 1. The second-order valence-electron chi connectivity index (χ2n) is 7.08. The van der Waals surface area contributed by atoms with Gasteiger partial charge in [0.2, 0.25) is 0 Å². The molecule has 0 radical (unpaired) electrons. The third-order valence-corrected chi connectivity index (χ3v) is 5.62. The van der Waals surface area contributed by atoms with Crippen molar-refractivity contribution in [3.8, 4) is 0 Å². The van der Waals surface area contributed by atoms with Crippen LogP contribution in [0.3, 0.4) is 0 Å². The summed E-state index contributed by atoms with van der Waals surface area (Å²) in [5.41, 5.74) is 1.11. The minimum absolute atomic E-state index is 0.230. The maximum atomic E-state index is 6.32. The molecule has 2 heterocycles. The highest BCUT2D eigenvalue weighted by Crippen LogP contribution is 2.31. The lowest BCUT2D eigenvalue weighted by Gasteiger charge is -2.45. The summed E-state index contributed by atoms with van der Waals surface area (Å²) in [6.45, 7) is 2.87. The normalized spacial score (nSPS) is 32.1. The summed E-state index contributed by atoms with van der Waals surface area (Å²) in [7, 11) is 0. The zero-order valence-corrected chi connectivity index (χ0v) is 13.7. The first kappa shape index (κ1) is 15.0. The molecule has 5 heteroatoms. The van der Waals surface area contributed by atoms with Crippen LogP contribution in [0.2, 0.25) is 0 Å². The molecule has 2 aliphatic carbocycles. The smallest absolute Gasteiger partial charge is 0.144 e. The van der Waals surface area contributed by atoms with Crippen molar-refractivity contribution in [2.45, 2.75) is 44.2 Å². The Kier molecular flexibility index (Phi) is 4.23. The molecule has 5 nitrogen and oxygen atoms in total. The molecule has 2 unspecified atom stereocenters. The average molecular weight is 313 g/mol. The van der Waals surface area contributed by atoms with Crippen molar-refractivity contribution in [1.29, 1.82) is 0 Å². The van der Waals surface area contributed by atoms with E-state index in [1.165, 1.54) is 32.1 Å². The van der Waals surface area contributed by atoms with Gasteiger partial charge in [-0.1, -0.05) is 37.5 Å². The van der Waals surface area contributed by atoms with Crippen molar-refractivity contribution in [2.75, 3.05) is 19.6 Å². The Hall–Kier alpha value is -1.59. The van der Waals surface area contributed by atoms with Gasteiger partial charge in [-0.2, -0.15) is 0 Å². The molecule has 0 aromatic rings. The number of aliphatic imine (C=N–C) groups is 1. The lowest BCUT2D eigenvalue weighted by molar-refractivity contribution is 0.0437. The minimum atomic E-state index is 0.230. The fraction of sp³-hybridized carbons (Fsp3) is 0.611. The van der Waals surface area contributed by atoms with E-state index in [-0.39, 0.29) is 6.04 Å². The van der Waals surface area contributed by atoms with E-state index in [9.17, 15) is 0 Å². The molecular formula is C18H27N5. The lowest BCUT2D eigenvalue weighted by Crippen LogP contribution is -2.58. The van der Waals surface area contributed by atoms with Gasteiger partial charge in [-0.05, 0) is 24.8 Å². The Balaban J connectivity index is 1.47. The van der Waals surface area contributed by atoms with Gasteiger partial charge in [0.1, 0.15) is 5.82 Å². The number of hydrogen-bond donors (Lipinski definition) is 2. The molecular weight excluding hydrogens is 286 g/mol. The van der Waals surface area contributed by atoms with Crippen LogP contribution in [0.5, 0.6) is 0 Å². The summed E-state index contributed by atoms with van der Waals surface area (Å²) in [6, 6.07) is 0.693. The fourth-order valence-electron chi connectivity index (χ4n) is 4.24. The summed E-state index contributed by atoms with van der Waals surface area (Å²) in [4.78, 5) is 7.28. The van der Waals surface area contributed by atoms with Gasteiger partial charge in [0.05, 0.1) is 11.8 Å². The van der Waals surface area contributed by atoms with Crippen LogP contribution in [0.15, 0.2) is 41.3 Å². The summed E-state index contributed by atoms with van der Waals surface area (Å²) >= 11 is 0. The first-order valence-electron chi connectivity index (χ1n) is 8.97. The molecule has 1 saturated heterocycles. The van der Waals surface area contributed by atoms with Crippen LogP contribution >= 0.6 is 0 Å². The van der Waals surface area contributed by atoms with Crippen molar-refractivity contribution in [3.63, 3.8) is 0 Å². The highest BCUT2D eigenvalue weighted by atomic mass is 15.5. The molecule has 2 atom stereocenters. The Morgan fingerprint density at radius 1 is 1.13 bits per heavy atom. The van der Waals surface area contributed by atoms with E-state index in [4.69, 9.17) is 10.8 Å². The molecule has 0 aromatic carbocycles. The number of fused-ring (bicyclic) bond motifs is 1. The topological polar surface area (TPSA) is 56.9 Å². The summed E-state index contributed by atoms with van der Waals surface area (Å²) in [5.74, 6) is 8.13. The number of hydrogen-bond acceptors (Lipinski definition) is 5. The van der Waals surface area contributed by atoms with Crippen molar-refractivity contribution < 1.29 is 0 Å². The summed E-state index contributed by atoms with van der Waals surface area (Å²) in [6.07, 6.45) is 17.2. The number of nitrogens with two attached hydrogens (primary N) is 1. The first-order chi connectivity index (χ1) is 11.3. The fourth-order valence-corrected chi connectivity index (χ4v) is 4.24. The molecule has 3 N–H and O–H groups in total. The molecule has 2 aliphatic heterocycles. The second-order valence-corrected chi connectivity index (χ2v) is 7.08. The molecule has 4 rings (SSSR count). The van der Waals surface area contributed by atoms with Gasteiger partial charge >= 0.3 is 0 Å². The number of hydrazine groups is 1. The molecule has 2 fully saturated rings. The number of piperazine rings is 1. The molecule has 1 saturated carbocycles. The van der Waals surface area contributed by atoms with Crippen molar-refractivity contribution >= 4 is 5.71 Å². The van der Waals surface area contributed by atoms with Crippen LogP contribution in [0, 0.1) is 5.92 Å². The van der Waals surface area contributed by atoms with E-state index in [2.05, 4.69) is 45.7 Å². The van der Waals surface area contributed by atoms with Crippen LogP contribution in [-0.2, 0) is 0 Å². The Morgan fingerprint density at radius 3 is 2.87 bits per heavy atom. The molecule has 0 aromatic heterocycles. The van der Waals surface area contributed by atoms with Crippen molar-refractivity contribution in [3.05, 3.63) is 36.3 Å². The van der Waals surface area contributed by atoms with Crippen LogP contribution in [-0.4, -0.2) is 47.3 Å². The van der Waals surface area contributed by atoms with Gasteiger partial charge in [0.25, 0.3) is 0 Å². The Labute approximate surface area is 138 Å². The Morgan fingerprint density at radius 2 is 2.00 bits per heavy atom. The van der Waals surface area contributed by atoms with Gasteiger partial charge in [0, 0.05) is 31.9 Å².